The van der Waals surface area contributed by atoms with Crippen molar-refractivity contribution in [1.82, 2.24) is 9.97 Å². The minimum atomic E-state index is -0.490. The average Bonchev–Trinajstić information content (AvgIpc) is 2.87. The van der Waals surface area contributed by atoms with Crippen molar-refractivity contribution in [3.8, 4) is 0 Å². The van der Waals surface area contributed by atoms with Crippen molar-refractivity contribution in [3.05, 3.63) is 42.0 Å². The Morgan fingerprint density at radius 3 is 3.17 bits per heavy atom. The quantitative estimate of drug-likeness (QED) is 0.812. The van der Waals surface area contributed by atoms with Crippen LogP contribution in [0.1, 0.15) is 23.0 Å². The van der Waals surface area contributed by atoms with Gasteiger partial charge in [0.15, 0.2) is 5.69 Å². The highest BCUT2D eigenvalue weighted by Crippen LogP contribution is 2.10. The van der Waals surface area contributed by atoms with Crippen LogP contribution in [0.3, 0.4) is 0 Å². The first kappa shape index (κ1) is 12.1. The van der Waals surface area contributed by atoms with Gasteiger partial charge in [0.2, 0.25) is 0 Å². The molecule has 0 radical (unpaired) electrons. The molecule has 0 fully saturated rings. The summed E-state index contributed by atoms with van der Waals surface area (Å²) in [6, 6.07) is 4.05. The van der Waals surface area contributed by atoms with Crippen molar-refractivity contribution in [3.63, 3.8) is 0 Å². The summed E-state index contributed by atoms with van der Waals surface area (Å²) >= 11 is 0. The lowest BCUT2D eigenvalue weighted by Gasteiger charge is -2.00. The number of aromatic nitrogens is 2. The SMILES string of the molecule is CCOC(=O)c1coc(NCc2cccnc2)n1. The lowest BCUT2D eigenvalue weighted by Crippen LogP contribution is -2.05. The van der Waals surface area contributed by atoms with E-state index in [1.54, 1.807) is 19.3 Å². The van der Waals surface area contributed by atoms with Crippen LogP contribution in [0.2, 0.25) is 0 Å². The summed E-state index contributed by atoms with van der Waals surface area (Å²) in [5, 5.41) is 2.95. The van der Waals surface area contributed by atoms with E-state index in [1.807, 2.05) is 12.1 Å². The first-order chi connectivity index (χ1) is 8.79. The Labute approximate surface area is 104 Å². The maximum absolute atomic E-state index is 11.3. The number of hydrogen-bond acceptors (Lipinski definition) is 6. The molecule has 2 aromatic heterocycles. The van der Waals surface area contributed by atoms with Crippen molar-refractivity contribution in [2.45, 2.75) is 13.5 Å². The second kappa shape index (κ2) is 5.81. The molecular weight excluding hydrogens is 234 g/mol. The molecule has 2 rings (SSSR count). The smallest absolute Gasteiger partial charge is 0.360 e. The number of anilines is 1. The standard InChI is InChI=1S/C12H13N3O3/c1-2-17-11(16)10-8-18-12(15-10)14-7-9-4-3-5-13-6-9/h3-6,8H,2,7H2,1H3,(H,14,15). The highest BCUT2D eigenvalue weighted by atomic mass is 16.5. The van der Waals surface area contributed by atoms with Crippen LogP contribution in [-0.2, 0) is 11.3 Å². The molecule has 0 bridgehead atoms. The molecule has 2 aromatic rings. The van der Waals surface area contributed by atoms with Gasteiger partial charge in [-0.25, -0.2) is 4.79 Å². The molecule has 6 nitrogen and oxygen atoms in total. The molecule has 2 heterocycles. The molecule has 0 aliphatic heterocycles. The molecule has 0 saturated heterocycles. The van der Waals surface area contributed by atoms with E-state index in [0.717, 1.165) is 5.56 Å². The Balaban J connectivity index is 1.93. The summed E-state index contributed by atoms with van der Waals surface area (Å²) in [7, 11) is 0. The van der Waals surface area contributed by atoms with Crippen LogP contribution in [0.4, 0.5) is 6.01 Å². The molecule has 0 unspecified atom stereocenters. The zero-order valence-electron chi connectivity index (χ0n) is 9.92. The summed E-state index contributed by atoms with van der Waals surface area (Å²) in [5.74, 6) is -0.490. The summed E-state index contributed by atoms with van der Waals surface area (Å²) in [4.78, 5) is 19.3. The van der Waals surface area contributed by atoms with Gasteiger partial charge in [0.25, 0.3) is 6.01 Å². The first-order valence-electron chi connectivity index (χ1n) is 5.55. The fraction of sp³-hybridized carbons (Fsp3) is 0.250. The normalized spacial score (nSPS) is 10.1. The van der Waals surface area contributed by atoms with Crippen LogP contribution in [-0.4, -0.2) is 22.5 Å². The van der Waals surface area contributed by atoms with Crippen LogP contribution < -0.4 is 5.32 Å². The van der Waals surface area contributed by atoms with Gasteiger partial charge in [-0.2, -0.15) is 4.98 Å². The maximum Gasteiger partial charge on any atom is 0.360 e. The van der Waals surface area contributed by atoms with E-state index < -0.39 is 5.97 Å². The van der Waals surface area contributed by atoms with Gasteiger partial charge in [-0.15, -0.1) is 0 Å². The Bertz CT molecular complexity index is 510. The second-order valence-corrected chi connectivity index (χ2v) is 3.47. The molecule has 0 amide bonds. The number of hydrogen-bond donors (Lipinski definition) is 1. The minimum absolute atomic E-state index is 0.158. The number of oxazole rings is 1. The van der Waals surface area contributed by atoms with E-state index in [-0.39, 0.29) is 11.7 Å². The zero-order valence-corrected chi connectivity index (χ0v) is 9.92. The molecule has 0 spiro atoms. The molecule has 94 valence electrons. The van der Waals surface area contributed by atoms with Gasteiger partial charge in [-0.1, -0.05) is 6.07 Å². The van der Waals surface area contributed by atoms with E-state index in [9.17, 15) is 4.79 Å². The van der Waals surface area contributed by atoms with Crippen molar-refractivity contribution < 1.29 is 13.9 Å². The third-order valence-electron chi connectivity index (χ3n) is 2.16. The van der Waals surface area contributed by atoms with E-state index in [2.05, 4.69) is 15.3 Å². The maximum atomic E-state index is 11.3. The predicted molar refractivity (Wildman–Crippen MR) is 64.0 cm³/mol. The van der Waals surface area contributed by atoms with E-state index in [4.69, 9.17) is 9.15 Å². The average molecular weight is 247 g/mol. The van der Waals surface area contributed by atoms with Gasteiger partial charge in [0.1, 0.15) is 6.26 Å². The van der Waals surface area contributed by atoms with E-state index in [1.165, 1.54) is 6.26 Å². The Morgan fingerprint density at radius 2 is 2.44 bits per heavy atom. The number of carbonyl (C=O) groups is 1. The molecule has 0 atom stereocenters. The summed E-state index contributed by atoms with van der Waals surface area (Å²) in [5.41, 5.74) is 1.15. The van der Waals surface area contributed by atoms with Gasteiger partial charge in [0, 0.05) is 18.9 Å². The number of rotatable bonds is 5. The Kier molecular flexibility index (Phi) is 3.90. The molecule has 1 N–H and O–H groups in total. The summed E-state index contributed by atoms with van der Waals surface area (Å²) < 4.78 is 9.92. The van der Waals surface area contributed by atoms with Crippen molar-refractivity contribution >= 4 is 12.0 Å². The molecule has 0 saturated carbocycles. The van der Waals surface area contributed by atoms with Crippen molar-refractivity contribution in [2.75, 3.05) is 11.9 Å². The van der Waals surface area contributed by atoms with Gasteiger partial charge in [-0.05, 0) is 18.6 Å². The summed E-state index contributed by atoms with van der Waals surface area (Å²) in [6.45, 7) is 2.57. The third-order valence-corrected chi connectivity index (χ3v) is 2.16. The van der Waals surface area contributed by atoms with Crippen molar-refractivity contribution in [1.29, 1.82) is 0 Å². The number of carbonyl (C=O) groups excluding carboxylic acids is 1. The highest BCUT2D eigenvalue weighted by molar-refractivity contribution is 5.87. The summed E-state index contributed by atoms with van der Waals surface area (Å²) in [6.07, 6.45) is 4.71. The predicted octanol–water partition coefficient (Wildman–Crippen LogP) is 1.86. The fourth-order valence-corrected chi connectivity index (χ4v) is 1.33. The molecular formula is C12H13N3O3. The van der Waals surface area contributed by atoms with Crippen LogP contribution >= 0.6 is 0 Å². The van der Waals surface area contributed by atoms with Gasteiger partial charge in [0.05, 0.1) is 6.61 Å². The van der Waals surface area contributed by atoms with Crippen LogP contribution in [0.25, 0.3) is 0 Å². The molecule has 0 aromatic carbocycles. The third kappa shape index (κ3) is 3.07. The highest BCUT2D eigenvalue weighted by Gasteiger charge is 2.12. The minimum Gasteiger partial charge on any atom is -0.461 e. The van der Waals surface area contributed by atoms with Gasteiger partial charge < -0.3 is 14.5 Å². The zero-order chi connectivity index (χ0) is 12.8. The van der Waals surface area contributed by atoms with Gasteiger partial charge >= 0.3 is 5.97 Å². The number of nitrogens with one attached hydrogen (secondary N) is 1. The first-order valence-corrected chi connectivity index (χ1v) is 5.55. The molecule has 18 heavy (non-hydrogen) atoms. The van der Waals surface area contributed by atoms with Crippen LogP contribution in [0.15, 0.2) is 35.2 Å². The number of pyridine rings is 1. The van der Waals surface area contributed by atoms with E-state index >= 15 is 0 Å². The largest absolute Gasteiger partial charge is 0.461 e. The topological polar surface area (TPSA) is 77.2 Å². The lowest BCUT2D eigenvalue weighted by atomic mass is 10.3. The fourth-order valence-electron chi connectivity index (χ4n) is 1.33. The number of ether oxygens (including phenoxy) is 1. The Hall–Kier alpha value is -2.37. The number of nitrogens with zero attached hydrogens (tertiary/aromatic N) is 2. The molecule has 0 aliphatic carbocycles. The van der Waals surface area contributed by atoms with Crippen LogP contribution in [0, 0.1) is 0 Å². The van der Waals surface area contributed by atoms with E-state index in [0.29, 0.717) is 13.2 Å². The van der Waals surface area contributed by atoms with Crippen molar-refractivity contribution in [2.24, 2.45) is 0 Å². The van der Waals surface area contributed by atoms with Crippen LogP contribution in [0.5, 0.6) is 0 Å². The number of esters is 1. The van der Waals surface area contributed by atoms with Gasteiger partial charge in [-0.3, -0.25) is 4.98 Å². The lowest BCUT2D eigenvalue weighted by molar-refractivity contribution is 0.0519. The molecule has 0 aliphatic rings. The monoisotopic (exact) mass is 247 g/mol. The Morgan fingerprint density at radius 1 is 1.56 bits per heavy atom. The molecule has 6 heteroatoms. The second-order valence-electron chi connectivity index (χ2n) is 3.47.